The lowest BCUT2D eigenvalue weighted by molar-refractivity contribution is 0.514. The summed E-state index contributed by atoms with van der Waals surface area (Å²) in [7, 11) is 0. The smallest absolute Gasteiger partial charge is 0.185 e. The summed E-state index contributed by atoms with van der Waals surface area (Å²) in [4.78, 5) is 4.26. The number of benzene rings is 2. The molecule has 1 aromatic heterocycles. The van der Waals surface area contributed by atoms with Gasteiger partial charge in [-0.2, -0.15) is 0 Å². The molecule has 0 spiro atoms. The maximum absolute atomic E-state index is 14.1. The normalized spacial score (nSPS) is 11.2. The Kier molecular flexibility index (Phi) is 3.18. The third kappa shape index (κ3) is 1.96. The van der Waals surface area contributed by atoms with E-state index in [1.165, 1.54) is 6.07 Å². The number of imidazole rings is 1. The molecule has 102 valence electrons. The van der Waals surface area contributed by atoms with Gasteiger partial charge in [-0.3, -0.25) is 4.57 Å². The first-order valence-corrected chi connectivity index (χ1v) is 6.63. The number of hydrogen-bond donors (Lipinski definition) is 0. The molecule has 0 N–H and O–H groups in total. The van der Waals surface area contributed by atoms with Gasteiger partial charge in [-0.05, 0) is 36.8 Å². The summed E-state index contributed by atoms with van der Waals surface area (Å²) in [5, 5.41) is 0. The maximum atomic E-state index is 14.1. The Bertz CT molecular complexity index is 796. The van der Waals surface area contributed by atoms with Crippen LogP contribution in [-0.4, -0.2) is 9.55 Å². The molecule has 2 aromatic carbocycles. The lowest BCUT2D eigenvalue weighted by Gasteiger charge is -2.09. The number of alkyl halides is 1. The molecule has 2 nitrogen and oxygen atoms in total. The lowest BCUT2D eigenvalue weighted by atomic mass is 10.2. The summed E-state index contributed by atoms with van der Waals surface area (Å²) in [6, 6.07) is 10.0. The Labute approximate surface area is 119 Å². The zero-order valence-electron chi connectivity index (χ0n) is 10.7. The van der Waals surface area contributed by atoms with E-state index in [-0.39, 0.29) is 11.4 Å². The molecule has 0 amide bonds. The molecule has 0 saturated heterocycles. The minimum absolute atomic E-state index is 0.115. The average molecular weight is 293 g/mol. The second-order valence-electron chi connectivity index (χ2n) is 4.57. The fraction of sp³-hybridized carbons (Fsp3) is 0.133. The van der Waals surface area contributed by atoms with Crippen LogP contribution in [0.4, 0.5) is 8.78 Å². The summed E-state index contributed by atoms with van der Waals surface area (Å²) in [5.41, 5.74) is 2.24. The van der Waals surface area contributed by atoms with E-state index >= 15 is 0 Å². The summed E-state index contributed by atoms with van der Waals surface area (Å²) in [5.74, 6) is -1.21. The molecular weight excluding hydrogens is 282 g/mol. The Morgan fingerprint density at radius 3 is 2.70 bits per heavy atom. The third-order valence-corrected chi connectivity index (χ3v) is 3.40. The van der Waals surface area contributed by atoms with E-state index in [9.17, 15) is 8.78 Å². The molecule has 0 radical (unpaired) electrons. The van der Waals surface area contributed by atoms with Gasteiger partial charge in [-0.25, -0.2) is 13.8 Å². The Morgan fingerprint density at radius 2 is 2.00 bits per heavy atom. The van der Waals surface area contributed by atoms with Gasteiger partial charge in [0.15, 0.2) is 11.6 Å². The van der Waals surface area contributed by atoms with Crippen molar-refractivity contribution in [2.24, 2.45) is 0 Å². The summed E-state index contributed by atoms with van der Waals surface area (Å²) < 4.78 is 29.2. The van der Waals surface area contributed by atoms with Gasteiger partial charge in [-0.1, -0.05) is 12.1 Å². The number of hydrogen-bond acceptors (Lipinski definition) is 1. The summed E-state index contributed by atoms with van der Waals surface area (Å²) in [6.07, 6.45) is 0. The van der Waals surface area contributed by atoms with Crippen molar-refractivity contribution in [1.29, 1.82) is 0 Å². The molecule has 0 fully saturated rings. The van der Waals surface area contributed by atoms with Gasteiger partial charge in [0.05, 0.1) is 11.4 Å². The lowest BCUT2D eigenvalue weighted by Crippen LogP contribution is -2.01. The summed E-state index contributed by atoms with van der Waals surface area (Å²) in [6.45, 7) is 1.93. The SMILES string of the molecule is Cc1cccc(-n2c(CCl)nc3ccc(F)c(F)c32)c1. The van der Waals surface area contributed by atoms with Gasteiger partial charge >= 0.3 is 0 Å². The zero-order chi connectivity index (χ0) is 14.3. The number of nitrogens with zero attached hydrogens (tertiary/aromatic N) is 2. The third-order valence-electron chi connectivity index (χ3n) is 3.16. The molecule has 0 atom stereocenters. The molecular formula is C15H11ClF2N2. The van der Waals surface area contributed by atoms with Crippen LogP contribution in [0.15, 0.2) is 36.4 Å². The van der Waals surface area contributed by atoms with Crippen LogP contribution in [0.5, 0.6) is 0 Å². The fourth-order valence-corrected chi connectivity index (χ4v) is 2.46. The highest BCUT2D eigenvalue weighted by molar-refractivity contribution is 6.17. The van der Waals surface area contributed by atoms with Crippen LogP contribution in [0, 0.1) is 18.6 Å². The molecule has 3 rings (SSSR count). The largest absolute Gasteiger partial charge is 0.293 e. The van der Waals surface area contributed by atoms with Crippen molar-refractivity contribution >= 4 is 22.6 Å². The molecule has 1 heterocycles. The van der Waals surface area contributed by atoms with Gasteiger partial charge in [0.1, 0.15) is 11.3 Å². The first kappa shape index (κ1) is 13.1. The molecule has 0 aliphatic heterocycles. The van der Waals surface area contributed by atoms with Crippen LogP contribution in [0.1, 0.15) is 11.4 Å². The van der Waals surface area contributed by atoms with Crippen molar-refractivity contribution in [2.45, 2.75) is 12.8 Å². The van der Waals surface area contributed by atoms with Crippen LogP contribution < -0.4 is 0 Å². The van der Waals surface area contributed by atoms with Crippen molar-refractivity contribution in [3.63, 3.8) is 0 Å². The van der Waals surface area contributed by atoms with E-state index in [2.05, 4.69) is 4.98 Å². The van der Waals surface area contributed by atoms with Crippen molar-refractivity contribution in [1.82, 2.24) is 9.55 Å². The maximum Gasteiger partial charge on any atom is 0.185 e. The molecule has 3 aromatic rings. The minimum Gasteiger partial charge on any atom is -0.293 e. The average Bonchev–Trinajstić information content (AvgIpc) is 2.82. The molecule has 5 heteroatoms. The van der Waals surface area contributed by atoms with E-state index in [1.807, 2.05) is 31.2 Å². The van der Waals surface area contributed by atoms with Gasteiger partial charge < -0.3 is 0 Å². The Balaban J connectivity index is 2.41. The zero-order valence-corrected chi connectivity index (χ0v) is 11.5. The van der Waals surface area contributed by atoms with Crippen molar-refractivity contribution in [3.05, 3.63) is 59.4 Å². The van der Waals surface area contributed by atoms with E-state index in [4.69, 9.17) is 11.6 Å². The predicted molar refractivity (Wildman–Crippen MR) is 75.3 cm³/mol. The van der Waals surface area contributed by atoms with Crippen LogP contribution in [0.25, 0.3) is 16.7 Å². The van der Waals surface area contributed by atoms with E-state index in [0.29, 0.717) is 17.0 Å². The van der Waals surface area contributed by atoms with Gasteiger partial charge in [0.25, 0.3) is 0 Å². The van der Waals surface area contributed by atoms with E-state index in [0.717, 1.165) is 11.6 Å². The number of aromatic nitrogens is 2. The first-order valence-electron chi connectivity index (χ1n) is 6.10. The van der Waals surface area contributed by atoms with E-state index < -0.39 is 11.6 Å². The second kappa shape index (κ2) is 4.87. The quantitative estimate of drug-likeness (QED) is 0.642. The highest BCUT2D eigenvalue weighted by Gasteiger charge is 2.18. The second-order valence-corrected chi connectivity index (χ2v) is 4.83. The van der Waals surface area contributed by atoms with Crippen molar-refractivity contribution in [3.8, 4) is 5.69 Å². The molecule has 0 aliphatic rings. The minimum atomic E-state index is -0.909. The molecule has 0 bridgehead atoms. The number of aryl methyl sites for hydroxylation is 1. The van der Waals surface area contributed by atoms with Crippen molar-refractivity contribution < 1.29 is 8.78 Å². The Hall–Kier alpha value is -1.94. The van der Waals surface area contributed by atoms with Crippen LogP contribution in [0.3, 0.4) is 0 Å². The highest BCUT2D eigenvalue weighted by Crippen LogP contribution is 2.26. The first-order chi connectivity index (χ1) is 9.61. The van der Waals surface area contributed by atoms with Gasteiger partial charge in [0.2, 0.25) is 0 Å². The standard InChI is InChI=1S/C15H11ClF2N2/c1-9-3-2-4-10(7-9)20-13(8-16)19-12-6-5-11(17)14(18)15(12)20/h2-7H,8H2,1H3. The topological polar surface area (TPSA) is 17.8 Å². The molecule has 20 heavy (non-hydrogen) atoms. The molecule has 0 unspecified atom stereocenters. The number of rotatable bonds is 2. The monoisotopic (exact) mass is 292 g/mol. The predicted octanol–water partition coefficient (Wildman–Crippen LogP) is 4.35. The summed E-state index contributed by atoms with van der Waals surface area (Å²) >= 11 is 5.89. The Morgan fingerprint density at radius 1 is 1.20 bits per heavy atom. The highest BCUT2D eigenvalue weighted by atomic mass is 35.5. The van der Waals surface area contributed by atoms with Gasteiger partial charge in [0, 0.05) is 5.69 Å². The van der Waals surface area contributed by atoms with Crippen molar-refractivity contribution in [2.75, 3.05) is 0 Å². The van der Waals surface area contributed by atoms with E-state index in [1.54, 1.807) is 4.57 Å². The fourth-order valence-electron chi connectivity index (χ4n) is 2.29. The van der Waals surface area contributed by atoms with Crippen LogP contribution in [-0.2, 0) is 5.88 Å². The number of fused-ring (bicyclic) bond motifs is 1. The van der Waals surface area contributed by atoms with Crippen LogP contribution >= 0.6 is 11.6 Å². The van der Waals surface area contributed by atoms with Crippen LogP contribution in [0.2, 0.25) is 0 Å². The molecule has 0 aliphatic carbocycles. The molecule has 0 saturated carbocycles. The van der Waals surface area contributed by atoms with Gasteiger partial charge in [-0.15, -0.1) is 11.6 Å². The number of halogens is 3.